The van der Waals surface area contributed by atoms with Crippen LogP contribution in [0.4, 0.5) is 0 Å². The molecule has 0 aromatic carbocycles. The van der Waals surface area contributed by atoms with Gasteiger partial charge in [0.1, 0.15) is 0 Å². The van der Waals surface area contributed by atoms with Gasteiger partial charge in [0, 0.05) is 7.11 Å². The van der Waals surface area contributed by atoms with E-state index in [9.17, 15) is 5.11 Å². The van der Waals surface area contributed by atoms with Crippen LogP contribution in [-0.4, -0.2) is 37.6 Å². The highest BCUT2D eigenvalue weighted by Crippen LogP contribution is 2.31. The van der Waals surface area contributed by atoms with E-state index in [4.69, 9.17) is 9.47 Å². The summed E-state index contributed by atoms with van der Waals surface area (Å²) in [5.41, 5.74) is 0. The average Bonchev–Trinajstić information content (AvgIpc) is 2.20. The zero-order valence-electron chi connectivity index (χ0n) is 10.1. The molecule has 0 radical (unpaired) electrons. The molecule has 15 heavy (non-hydrogen) atoms. The van der Waals surface area contributed by atoms with Gasteiger partial charge in [0.15, 0.2) is 0 Å². The predicted molar refractivity (Wildman–Crippen MR) is 59.8 cm³/mol. The van der Waals surface area contributed by atoms with Gasteiger partial charge in [-0.3, -0.25) is 0 Å². The second-order valence-electron chi connectivity index (χ2n) is 4.79. The lowest BCUT2D eigenvalue weighted by Gasteiger charge is -2.35. The van der Waals surface area contributed by atoms with Crippen LogP contribution in [0.25, 0.3) is 0 Å². The maximum Gasteiger partial charge on any atom is 0.0837 e. The molecular weight excluding hydrogens is 192 g/mol. The van der Waals surface area contributed by atoms with E-state index in [-0.39, 0.29) is 12.2 Å². The Labute approximate surface area is 92.8 Å². The molecule has 1 aliphatic carbocycles. The molecule has 1 fully saturated rings. The summed E-state index contributed by atoms with van der Waals surface area (Å²) in [5.74, 6) is 1.38. The second kappa shape index (κ2) is 6.46. The van der Waals surface area contributed by atoms with Crippen LogP contribution in [0.3, 0.4) is 0 Å². The lowest BCUT2D eigenvalue weighted by molar-refractivity contribution is -0.0855. The van der Waals surface area contributed by atoms with Crippen LogP contribution in [0.5, 0.6) is 0 Å². The summed E-state index contributed by atoms with van der Waals surface area (Å²) in [6, 6.07) is 0. The van der Waals surface area contributed by atoms with Crippen molar-refractivity contribution in [2.24, 2.45) is 11.8 Å². The summed E-state index contributed by atoms with van der Waals surface area (Å²) in [6.07, 6.45) is 2.73. The van der Waals surface area contributed by atoms with Gasteiger partial charge in [0.25, 0.3) is 0 Å². The van der Waals surface area contributed by atoms with Crippen LogP contribution < -0.4 is 0 Å². The molecule has 0 aliphatic heterocycles. The van der Waals surface area contributed by atoms with Crippen molar-refractivity contribution < 1.29 is 14.6 Å². The van der Waals surface area contributed by atoms with Crippen molar-refractivity contribution in [2.45, 2.75) is 45.3 Å². The van der Waals surface area contributed by atoms with Gasteiger partial charge in [-0.2, -0.15) is 0 Å². The fraction of sp³-hybridized carbons (Fsp3) is 1.00. The lowest BCUT2D eigenvalue weighted by atomic mass is 9.79. The molecule has 1 aliphatic rings. The van der Waals surface area contributed by atoms with Gasteiger partial charge in [0.05, 0.1) is 25.4 Å². The first kappa shape index (κ1) is 12.9. The Bertz CT molecular complexity index is 170. The van der Waals surface area contributed by atoms with E-state index in [1.165, 1.54) is 0 Å². The predicted octanol–water partition coefficient (Wildman–Crippen LogP) is 1.83. The molecule has 0 saturated heterocycles. The summed E-state index contributed by atoms with van der Waals surface area (Å²) >= 11 is 0. The Balaban J connectivity index is 2.32. The Morgan fingerprint density at radius 1 is 1.27 bits per heavy atom. The third-order valence-corrected chi connectivity index (χ3v) is 3.36. The van der Waals surface area contributed by atoms with Gasteiger partial charge in [-0.25, -0.2) is 0 Å². The van der Waals surface area contributed by atoms with Crippen molar-refractivity contribution in [3.63, 3.8) is 0 Å². The van der Waals surface area contributed by atoms with E-state index in [1.807, 2.05) is 0 Å². The molecule has 0 aromatic rings. The maximum atomic E-state index is 9.80. The molecule has 1 N–H and O–H groups in total. The van der Waals surface area contributed by atoms with Gasteiger partial charge < -0.3 is 14.6 Å². The second-order valence-corrected chi connectivity index (χ2v) is 4.79. The molecule has 90 valence electrons. The smallest absolute Gasteiger partial charge is 0.0837 e. The summed E-state index contributed by atoms with van der Waals surface area (Å²) in [7, 11) is 1.66. The van der Waals surface area contributed by atoms with Crippen LogP contribution in [0, 0.1) is 11.8 Å². The minimum absolute atomic E-state index is 0.0151. The fourth-order valence-corrected chi connectivity index (χ4v) is 2.21. The average molecular weight is 216 g/mol. The number of ether oxygens (including phenoxy) is 2. The molecule has 0 bridgehead atoms. The summed E-state index contributed by atoms with van der Waals surface area (Å²) in [5, 5.41) is 9.80. The number of hydrogen-bond acceptors (Lipinski definition) is 3. The Kier molecular flexibility index (Phi) is 5.58. The molecule has 3 atom stereocenters. The first-order chi connectivity index (χ1) is 7.15. The molecule has 0 amide bonds. The summed E-state index contributed by atoms with van der Waals surface area (Å²) < 4.78 is 10.6. The van der Waals surface area contributed by atoms with E-state index in [0.717, 1.165) is 19.3 Å². The van der Waals surface area contributed by atoms with E-state index in [2.05, 4.69) is 13.8 Å². The molecule has 3 nitrogen and oxygen atoms in total. The SMILES string of the molecule is COCCOC1CC(C(C)C)CCC1O. The van der Waals surface area contributed by atoms with Crippen molar-refractivity contribution in [1.82, 2.24) is 0 Å². The Morgan fingerprint density at radius 3 is 2.60 bits per heavy atom. The molecule has 0 heterocycles. The van der Waals surface area contributed by atoms with Gasteiger partial charge >= 0.3 is 0 Å². The van der Waals surface area contributed by atoms with Crippen LogP contribution in [0.2, 0.25) is 0 Å². The van der Waals surface area contributed by atoms with E-state index in [1.54, 1.807) is 7.11 Å². The normalized spacial score (nSPS) is 32.2. The first-order valence-electron chi connectivity index (χ1n) is 5.93. The third-order valence-electron chi connectivity index (χ3n) is 3.36. The number of hydrogen-bond donors (Lipinski definition) is 1. The van der Waals surface area contributed by atoms with Crippen molar-refractivity contribution >= 4 is 0 Å². The standard InChI is InChI=1S/C12H24O3/c1-9(2)10-4-5-11(13)12(8-10)15-7-6-14-3/h9-13H,4-8H2,1-3H3. The number of methoxy groups -OCH3 is 1. The largest absolute Gasteiger partial charge is 0.390 e. The van der Waals surface area contributed by atoms with Gasteiger partial charge in [-0.1, -0.05) is 13.8 Å². The van der Waals surface area contributed by atoms with Crippen molar-refractivity contribution in [3.8, 4) is 0 Å². The Hall–Kier alpha value is -0.120. The fourth-order valence-electron chi connectivity index (χ4n) is 2.21. The zero-order valence-corrected chi connectivity index (χ0v) is 10.1. The number of aliphatic hydroxyl groups excluding tert-OH is 1. The Morgan fingerprint density at radius 2 is 2.00 bits per heavy atom. The van der Waals surface area contributed by atoms with E-state index >= 15 is 0 Å². The molecule has 1 rings (SSSR count). The van der Waals surface area contributed by atoms with Gasteiger partial charge in [-0.15, -0.1) is 0 Å². The molecular formula is C12H24O3. The lowest BCUT2D eigenvalue weighted by Crippen LogP contribution is -2.38. The maximum absolute atomic E-state index is 9.80. The highest BCUT2D eigenvalue weighted by molar-refractivity contribution is 4.81. The van der Waals surface area contributed by atoms with Crippen LogP contribution in [0.1, 0.15) is 33.1 Å². The minimum atomic E-state index is -0.281. The van der Waals surface area contributed by atoms with Crippen molar-refractivity contribution in [2.75, 3.05) is 20.3 Å². The highest BCUT2D eigenvalue weighted by Gasteiger charge is 2.30. The van der Waals surface area contributed by atoms with Gasteiger partial charge in [-0.05, 0) is 31.1 Å². The molecule has 0 aromatic heterocycles. The zero-order chi connectivity index (χ0) is 11.3. The van der Waals surface area contributed by atoms with E-state index < -0.39 is 0 Å². The van der Waals surface area contributed by atoms with Crippen LogP contribution in [0.15, 0.2) is 0 Å². The van der Waals surface area contributed by atoms with Crippen LogP contribution in [-0.2, 0) is 9.47 Å². The minimum Gasteiger partial charge on any atom is -0.390 e. The number of aliphatic hydroxyl groups is 1. The molecule has 0 spiro atoms. The first-order valence-corrected chi connectivity index (χ1v) is 5.93. The quantitative estimate of drug-likeness (QED) is 0.713. The molecule has 3 unspecified atom stereocenters. The number of rotatable bonds is 5. The monoisotopic (exact) mass is 216 g/mol. The van der Waals surface area contributed by atoms with Gasteiger partial charge in [0.2, 0.25) is 0 Å². The third kappa shape index (κ3) is 4.09. The van der Waals surface area contributed by atoms with Crippen molar-refractivity contribution in [1.29, 1.82) is 0 Å². The van der Waals surface area contributed by atoms with E-state index in [0.29, 0.717) is 25.0 Å². The highest BCUT2D eigenvalue weighted by atomic mass is 16.5. The van der Waals surface area contributed by atoms with Crippen molar-refractivity contribution in [3.05, 3.63) is 0 Å². The molecule has 1 saturated carbocycles. The molecule has 3 heteroatoms. The summed E-state index contributed by atoms with van der Waals surface area (Å²) in [4.78, 5) is 0. The van der Waals surface area contributed by atoms with Crippen LogP contribution >= 0.6 is 0 Å². The topological polar surface area (TPSA) is 38.7 Å². The summed E-state index contributed by atoms with van der Waals surface area (Å²) in [6.45, 7) is 5.68.